The fourth-order valence-corrected chi connectivity index (χ4v) is 1.34. The Hall–Kier alpha value is -1.11. The highest BCUT2D eigenvalue weighted by molar-refractivity contribution is 5.83. The number of rotatable bonds is 4. The van der Waals surface area contributed by atoms with Gasteiger partial charge < -0.3 is 5.41 Å². The summed E-state index contributed by atoms with van der Waals surface area (Å²) in [6.45, 7) is 5.92. The van der Waals surface area contributed by atoms with Gasteiger partial charge in [0.05, 0.1) is 0 Å². The molecule has 1 radical (unpaired) electrons. The molecule has 0 amide bonds. The van der Waals surface area contributed by atoms with E-state index >= 15 is 0 Å². The molecule has 0 aliphatic heterocycles. The molecule has 1 rings (SSSR count). The third kappa shape index (κ3) is 3.88. The predicted molar refractivity (Wildman–Crippen MR) is 57.0 cm³/mol. The smallest absolute Gasteiger partial charge is 0.0136 e. The van der Waals surface area contributed by atoms with Gasteiger partial charge in [0.15, 0.2) is 0 Å². The Morgan fingerprint density at radius 1 is 1.38 bits per heavy atom. The van der Waals surface area contributed by atoms with E-state index < -0.39 is 0 Å². The minimum atomic E-state index is 0.344. The van der Waals surface area contributed by atoms with Crippen LogP contribution in [0.4, 0.5) is 0 Å². The van der Waals surface area contributed by atoms with Crippen LogP contribution in [-0.2, 0) is 6.42 Å². The fourth-order valence-electron chi connectivity index (χ4n) is 1.34. The van der Waals surface area contributed by atoms with Crippen molar-refractivity contribution >= 4 is 5.71 Å². The predicted octanol–water partition coefficient (Wildman–Crippen LogP) is 3.11. The molecule has 1 aromatic carbocycles. The molecular formula is C12H16N. The van der Waals surface area contributed by atoms with Gasteiger partial charge in [0.2, 0.25) is 0 Å². The number of hydrogen-bond acceptors (Lipinski definition) is 1. The van der Waals surface area contributed by atoms with Gasteiger partial charge in [-0.1, -0.05) is 44.2 Å². The molecule has 0 heterocycles. The van der Waals surface area contributed by atoms with E-state index in [0.717, 1.165) is 18.6 Å². The molecule has 0 aliphatic carbocycles. The summed E-state index contributed by atoms with van der Waals surface area (Å²) in [7, 11) is 0. The van der Waals surface area contributed by atoms with E-state index in [0.29, 0.717) is 5.92 Å². The van der Waals surface area contributed by atoms with Crippen LogP contribution in [0.5, 0.6) is 0 Å². The average molecular weight is 174 g/mol. The molecule has 0 fully saturated rings. The zero-order chi connectivity index (χ0) is 9.68. The Morgan fingerprint density at radius 2 is 2.00 bits per heavy atom. The van der Waals surface area contributed by atoms with Crippen LogP contribution in [0.2, 0.25) is 0 Å². The second-order valence-corrected chi connectivity index (χ2v) is 3.58. The van der Waals surface area contributed by atoms with Crippen LogP contribution in [0.15, 0.2) is 30.3 Å². The molecule has 13 heavy (non-hydrogen) atoms. The summed E-state index contributed by atoms with van der Waals surface area (Å²) >= 11 is 0. The highest BCUT2D eigenvalue weighted by Gasteiger charge is 2.01. The van der Waals surface area contributed by atoms with E-state index in [2.05, 4.69) is 19.1 Å². The molecule has 0 aromatic heterocycles. The van der Waals surface area contributed by atoms with Gasteiger partial charge in [0, 0.05) is 12.1 Å². The average Bonchev–Trinajstić information content (AvgIpc) is 2.04. The maximum atomic E-state index is 7.72. The summed E-state index contributed by atoms with van der Waals surface area (Å²) in [5.41, 5.74) is 1.99. The SMILES string of the molecule is [CH2]C(C)CC(=N)Cc1ccccc1. The molecule has 0 saturated carbocycles. The van der Waals surface area contributed by atoms with Crippen LogP contribution in [-0.4, -0.2) is 5.71 Å². The van der Waals surface area contributed by atoms with Crippen molar-refractivity contribution in [3.8, 4) is 0 Å². The quantitative estimate of drug-likeness (QED) is 0.678. The van der Waals surface area contributed by atoms with Gasteiger partial charge in [0.25, 0.3) is 0 Å². The second-order valence-electron chi connectivity index (χ2n) is 3.58. The summed E-state index contributed by atoms with van der Waals surface area (Å²) in [5, 5.41) is 7.72. The van der Waals surface area contributed by atoms with Crippen molar-refractivity contribution in [2.75, 3.05) is 0 Å². The molecule has 1 N–H and O–H groups in total. The van der Waals surface area contributed by atoms with E-state index in [1.54, 1.807) is 0 Å². The highest BCUT2D eigenvalue weighted by Crippen LogP contribution is 2.06. The van der Waals surface area contributed by atoms with Gasteiger partial charge in [-0.25, -0.2) is 0 Å². The van der Waals surface area contributed by atoms with Gasteiger partial charge in [-0.2, -0.15) is 0 Å². The molecule has 69 valence electrons. The largest absolute Gasteiger partial charge is 0.309 e. The van der Waals surface area contributed by atoms with Gasteiger partial charge in [-0.05, 0) is 17.9 Å². The normalized spacial score (nSPS) is 10.4. The molecular weight excluding hydrogens is 158 g/mol. The topological polar surface area (TPSA) is 23.9 Å². The van der Waals surface area contributed by atoms with Crippen molar-refractivity contribution in [2.45, 2.75) is 19.8 Å². The minimum Gasteiger partial charge on any atom is -0.309 e. The van der Waals surface area contributed by atoms with Crippen LogP contribution in [0.25, 0.3) is 0 Å². The lowest BCUT2D eigenvalue weighted by molar-refractivity contribution is 0.754. The lowest BCUT2D eigenvalue weighted by Gasteiger charge is -2.06. The Morgan fingerprint density at radius 3 is 2.54 bits per heavy atom. The first-order chi connectivity index (χ1) is 6.18. The van der Waals surface area contributed by atoms with Crippen molar-refractivity contribution in [3.05, 3.63) is 42.8 Å². The van der Waals surface area contributed by atoms with E-state index in [4.69, 9.17) is 5.41 Å². The Labute approximate surface area is 80.3 Å². The lowest BCUT2D eigenvalue weighted by Crippen LogP contribution is -2.05. The van der Waals surface area contributed by atoms with Crippen LogP contribution >= 0.6 is 0 Å². The van der Waals surface area contributed by atoms with Gasteiger partial charge >= 0.3 is 0 Å². The molecule has 0 saturated heterocycles. The highest BCUT2D eigenvalue weighted by atomic mass is 14.4. The molecule has 1 aromatic rings. The summed E-state index contributed by atoms with van der Waals surface area (Å²) in [6, 6.07) is 10.1. The zero-order valence-corrected chi connectivity index (χ0v) is 8.09. The number of nitrogens with one attached hydrogen (secondary N) is 1. The van der Waals surface area contributed by atoms with Gasteiger partial charge in [0.1, 0.15) is 0 Å². The zero-order valence-electron chi connectivity index (χ0n) is 8.09. The summed E-state index contributed by atoms with van der Waals surface area (Å²) in [6.07, 6.45) is 1.57. The maximum absolute atomic E-state index is 7.72. The summed E-state index contributed by atoms with van der Waals surface area (Å²) in [5.74, 6) is 0.344. The van der Waals surface area contributed by atoms with Crippen LogP contribution in [0.3, 0.4) is 0 Å². The first-order valence-electron chi connectivity index (χ1n) is 4.62. The standard InChI is InChI=1S/C12H16N/c1-10(2)8-12(13)9-11-6-4-3-5-7-11/h3-7,10,13H,1,8-9H2,2H3. The Balaban J connectivity index is 2.46. The van der Waals surface area contributed by atoms with Crippen molar-refractivity contribution in [1.29, 1.82) is 5.41 Å². The van der Waals surface area contributed by atoms with E-state index in [1.165, 1.54) is 5.56 Å². The molecule has 1 heteroatoms. The molecule has 1 unspecified atom stereocenters. The minimum absolute atomic E-state index is 0.344. The number of benzene rings is 1. The third-order valence-corrected chi connectivity index (χ3v) is 1.86. The summed E-state index contributed by atoms with van der Waals surface area (Å²) in [4.78, 5) is 0. The monoisotopic (exact) mass is 174 g/mol. The first-order valence-corrected chi connectivity index (χ1v) is 4.62. The fraction of sp³-hybridized carbons (Fsp3) is 0.333. The third-order valence-electron chi connectivity index (χ3n) is 1.86. The lowest BCUT2D eigenvalue weighted by atomic mass is 10.0. The maximum Gasteiger partial charge on any atom is 0.0136 e. The van der Waals surface area contributed by atoms with Crippen molar-refractivity contribution in [1.82, 2.24) is 0 Å². The molecule has 0 spiro atoms. The molecule has 1 nitrogen and oxygen atoms in total. The summed E-state index contributed by atoms with van der Waals surface area (Å²) < 4.78 is 0. The van der Waals surface area contributed by atoms with E-state index in [-0.39, 0.29) is 0 Å². The van der Waals surface area contributed by atoms with Crippen molar-refractivity contribution in [2.24, 2.45) is 5.92 Å². The van der Waals surface area contributed by atoms with Crippen LogP contribution in [0.1, 0.15) is 18.9 Å². The van der Waals surface area contributed by atoms with Gasteiger partial charge in [-0.3, -0.25) is 0 Å². The van der Waals surface area contributed by atoms with Crippen molar-refractivity contribution in [3.63, 3.8) is 0 Å². The van der Waals surface area contributed by atoms with E-state index in [9.17, 15) is 0 Å². The van der Waals surface area contributed by atoms with E-state index in [1.807, 2.05) is 25.1 Å². The molecule has 0 bridgehead atoms. The Kier molecular flexibility index (Phi) is 3.69. The number of hydrogen-bond donors (Lipinski definition) is 1. The molecule has 0 aliphatic rings. The first kappa shape index (κ1) is 9.97. The second kappa shape index (κ2) is 4.80. The van der Waals surface area contributed by atoms with Gasteiger partial charge in [-0.15, -0.1) is 0 Å². The van der Waals surface area contributed by atoms with Crippen LogP contribution in [0, 0.1) is 18.3 Å². The Bertz CT molecular complexity index is 262. The molecule has 1 atom stereocenters. The van der Waals surface area contributed by atoms with Crippen molar-refractivity contribution < 1.29 is 0 Å². The van der Waals surface area contributed by atoms with Crippen LogP contribution < -0.4 is 0 Å².